The summed E-state index contributed by atoms with van der Waals surface area (Å²) in [6.45, 7) is 1.76. The van der Waals surface area contributed by atoms with Crippen LogP contribution in [0.3, 0.4) is 0 Å². The highest BCUT2D eigenvalue weighted by Gasteiger charge is 2.33. The van der Waals surface area contributed by atoms with Crippen molar-refractivity contribution in [3.05, 3.63) is 20.9 Å². The first-order chi connectivity index (χ1) is 9.26. The Labute approximate surface area is 135 Å². The molecule has 1 rings (SSSR count). The summed E-state index contributed by atoms with van der Waals surface area (Å²) >= 11 is 5.00. The van der Waals surface area contributed by atoms with Crippen molar-refractivity contribution >= 4 is 44.5 Å². The number of carbonyl (C=O) groups excluding carboxylic acids is 1. The second kappa shape index (κ2) is 7.43. The number of nitrogens with zero attached hydrogens (tertiary/aromatic N) is 1. The van der Waals surface area contributed by atoms with E-state index in [1.165, 1.54) is 6.07 Å². The lowest BCUT2D eigenvalue weighted by Gasteiger charge is -2.14. The summed E-state index contributed by atoms with van der Waals surface area (Å²) in [6, 6.07) is 1.45. The quantitative estimate of drug-likeness (QED) is 0.287. The van der Waals surface area contributed by atoms with Gasteiger partial charge < -0.3 is 9.47 Å². The molecule has 4 nitrogen and oxygen atoms in total. The van der Waals surface area contributed by atoms with Crippen molar-refractivity contribution < 1.29 is 27.4 Å². The van der Waals surface area contributed by atoms with Crippen LogP contribution in [-0.2, 0) is 21.3 Å². The minimum Gasteiger partial charge on any atom is -0.466 e. The summed E-state index contributed by atoms with van der Waals surface area (Å²) in [7, 11) is 0. The SMILES string of the molecule is CCOC(=O)Cc1cc(CBr)c(I)nc1OC(F)(F)F. The Hall–Kier alpha value is -0.580. The molecular formula is C11H10BrF3INO3. The summed E-state index contributed by atoms with van der Waals surface area (Å²) in [5.41, 5.74) is 0.704. The number of pyridine rings is 1. The lowest BCUT2D eigenvalue weighted by molar-refractivity contribution is -0.276. The third-order valence-corrected chi connectivity index (χ3v) is 3.62. The first-order valence-corrected chi connectivity index (χ1v) is 7.62. The van der Waals surface area contributed by atoms with Crippen LogP contribution >= 0.6 is 38.5 Å². The zero-order valence-corrected chi connectivity index (χ0v) is 14.0. The maximum absolute atomic E-state index is 12.3. The van der Waals surface area contributed by atoms with E-state index in [1.54, 1.807) is 29.5 Å². The molecule has 1 aromatic heterocycles. The largest absolute Gasteiger partial charge is 0.574 e. The van der Waals surface area contributed by atoms with Gasteiger partial charge in [-0.25, -0.2) is 4.98 Å². The molecule has 0 aliphatic rings. The van der Waals surface area contributed by atoms with Gasteiger partial charge in [0.15, 0.2) is 0 Å². The maximum Gasteiger partial charge on any atom is 0.574 e. The van der Waals surface area contributed by atoms with E-state index in [1.807, 2.05) is 0 Å². The van der Waals surface area contributed by atoms with Gasteiger partial charge >= 0.3 is 12.3 Å². The number of halogens is 5. The maximum atomic E-state index is 12.3. The molecule has 9 heteroatoms. The third-order valence-electron chi connectivity index (χ3n) is 2.08. The van der Waals surface area contributed by atoms with Crippen LogP contribution in [0.15, 0.2) is 6.07 Å². The van der Waals surface area contributed by atoms with E-state index in [4.69, 9.17) is 4.74 Å². The van der Waals surface area contributed by atoms with Gasteiger partial charge in [0.1, 0.15) is 3.70 Å². The van der Waals surface area contributed by atoms with Crippen molar-refractivity contribution in [2.24, 2.45) is 0 Å². The van der Waals surface area contributed by atoms with E-state index in [2.05, 4.69) is 25.7 Å². The number of esters is 1. The molecule has 0 bridgehead atoms. The molecule has 0 aliphatic carbocycles. The first kappa shape index (κ1) is 17.5. The van der Waals surface area contributed by atoms with Crippen molar-refractivity contribution in [1.29, 1.82) is 0 Å². The number of aromatic nitrogens is 1. The Morgan fingerprint density at radius 2 is 2.10 bits per heavy atom. The summed E-state index contributed by atoms with van der Waals surface area (Å²) in [6.07, 6.45) is -5.20. The fourth-order valence-electron chi connectivity index (χ4n) is 1.35. The van der Waals surface area contributed by atoms with Gasteiger partial charge in [-0.1, -0.05) is 15.9 Å². The number of hydrogen-bond acceptors (Lipinski definition) is 4. The molecule has 0 saturated carbocycles. The van der Waals surface area contributed by atoms with E-state index < -0.39 is 18.2 Å². The molecule has 20 heavy (non-hydrogen) atoms. The van der Waals surface area contributed by atoms with Crippen molar-refractivity contribution in [2.45, 2.75) is 25.0 Å². The average Bonchev–Trinajstić information content (AvgIpc) is 2.30. The van der Waals surface area contributed by atoms with E-state index >= 15 is 0 Å². The minimum absolute atomic E-state index is 0.0376. The van der Waals surface area contributed by atoms with E-state index in [-0.39, 0.29) is 18.6 Å². The number of rotatable bonds is 5. The van der Waals surface area contributed by atoms with E-state index in [0.717, 1.165) is 0 Å². The Morgan fingerprint density at radius 3 is 2.60 bits per heavy atom. The predicted octanol–water partition coefficient (Wildman–Crippen LogP) is 3.59. The molecule has 0 amide bonds. The van der Waals surface area contributed by atoms with Crippen LogP contribution in [0, 0.1) is 3.70 Å². The lowest BCUT2D eigenvalue weighted by atomic mass is 10.1. The number of carbonyl (C=O) groups is 1. The molecule has 0 spiro atoms. The van der Waals surface area contributed by atoms with Gasteiger partial charge in [-0.05, 0) is 41.1 Å². The van der Waals surface area contributed by atoms with E-state index in [9.17, 15) is 18.0 Å². The van der Waals surface area contributed by atoms with Gasteiger partial charge in [0.05, 0.1) is 13.0 Å². The molecule has 0 atom stereocenters. The lowest BCUT2D eigenvalue weighted by Crippen LogP contribution is -2.20. The average molecular weight is 468 g/mol. The number of hydrogen-bond donors (Lipinski definition) is 0. The monoisotopic (exact) mass is 467 g/mol. The van der Waals surface area contributed by atoms with Crippen LogP contribution in [0.5, 0.6) is 5.88 Å². The second-order valence-corrected chi connectivity index (χ2v) is 5.15. The molecule has 0 unspecified atom stereocenters. The van der Waals surface area contributed by atoms with Crippen LogP contribution < -0.4 is 4.74 Å². The van der Waals surface area contributed by atoms with Crippen molar-refractivity contribution in [3.8, 4) is 5.88 Å². The second-order valence-electron chi connectivity index (χ2n) is 3.57. The van der Waals surface area contributed by atoms with Crippen molar-refractivity contribution in [3.63, 3.8) is 0 Å². The molecule has 0 aliphatic heterocycles. The molecule has 0 saturated heterocycles. The van der Waals surface area contributed by atoms with Crippen LogP contribution in [-0.4, -0.2) is 23.9 Å². The van der Waals surface area contributed by atoms with E-state index in [0.29, 0.717) is 14.6 Å². The molecular weight excluding hydrogens is 458 g/mol. The topological polar surface area (TPSA) is 48.4 Å². The first-order valence-electron chi connectivity index (χ1n) is 5.42. The standard InChI is InChI=1S/C11H10BrF3INO3/c1-2-19-8(18)4-6-3-7(5-12)9(16)17-10(6)20-11(13,14)15/h3H,2,4-5H2,1H3. The molecule has 0 fully saturated rings. The van der Waals surface area contributed by atoms with Crippen LogP contribution in [0.4, 0.5) is 13.2 Å². The van der Waals surface area contributed by atoms with Gasteiger partial charge in [0, 0.05) is 10.9 Å². The van der Waals surface area contributed by atoms with Crippen LogP contribution in [0.2, 0.25) is 0 Å². The van der Waals surface area contributed by atoms with Gasteiger partial charge in [-0.3, -0.25) is 4.79 Å². The highest BCUT2D eigenvalue weighted by Crippen LogP contribution is 2.28. The smallest absolute Gasteiger partial charge is 0.466 e. The predicted molar refractivity (Wildman–Crippen MR) is 76.6 cm³/mol. The summed E-state index contributed by atoms with van der Waals surface area (Å²) < 4.78 is 45.9. The molecule has 0 N–H and O–H groups in total. The number of ether oxygens (including phenoxy) is 2. The Morgan fingerprint density at radius 1 is 1.45 bits per heavy atom. The molecule has 112 valence electrons. The number of alkyl halides is 4. The molecule has 0 aromatic carbocycles. The molecule has 1 heterocycles. The Kier molecular flexibility index (Phi) is 6.49. The highest BCUT2D eigenvalue weighted by atomic mass is 127. The van der Waals surface area contributed by atoms with Crippen LogP contribution in [0.1, 0.15) is 18.1 Å². The van der Waals surface area contributed by atoms with Crippen molar-refractivity contribution in [2.75, 3.05) is 6.61 Å². The molecule has 0 radical (unpaired) electrons. The summed E-state index contributed by atoms with van der Waals surface area (Å²) in [4.78, 5) is 15.2. The zero-order valence-electron chi connectivity index (χ0n) is 10.3. The van der Waals surface area contributed by atoms with Gasteiger partial charge in [-0.2, -0.15) is 0 Å². The summed E-state index contributed by atoms with van der Waals surface area (Å²) in [5.74, 6) is -1.26. The fraction of sp³-hybridized carbons (Fsp3) is 0.455. The summed E-state index contributed by atoms with van der Waals surface area (Å²) in [5, 5.41) is 0.403. The van der Waals surface area contributed by atoms with Gasteiger partial charge in [0.2, 0.25) is 5.88 Å². The van der Waals surface area contributed by atoms with Crippen LogP contribution in [0.25, 0.3) is 0 Å². The van der Waals surface area contributed by atoms with Gasteiger partial charge in [0.25, 0.3) is 0 Å². The molecule has 1 aromatic rings. The normalized spacial score (nSPS) is 11.3. The third kappa shape index (κ3) is 5.43. The minimum atomic E-state index is -4.87. The Bertz CT molecular complexity index is 497. The Balaban J connectivity index is 3.12. The van der Waals surface area contributed by atoms with Gasteiger partial charge in [-0.15, -0.1) is 13.2 Å². The zero-order chi connectivity index (χ0) is 15.3. The highest BCUT2D eigenvalue weighted by molar-refractivity contribution is 14.1. The fourth-order valence-corrected chi connectivity index (χ4v) is 2.87. The van der Waals surface area contributed by atoms with Crippen molar-refractivity contribution in [1.82, 2.24) is 4.98 Å².